The van der Waals surface area contributed by atoms with Gasteiger partial charge in [-0.3, -0.25) is 0 Å². The van der Waals surface area contributed by atoms with Gasteiger partial charge < -0.3 is 10.0 Å². The third-order valence-electron chi connectivity index (χ3n) is 4.22. The Morgan fingerprint density at radius 3 is 2.42 bits per heavy atom. The van der Waals surface area contributed by atoms with Gasteiger partial charge in [0.05, 0.1) is 11.4 Å². The van der Waals surface area contributed by atoms with Gasteiger partial charge in [0.1, 0.15) is 0 Å². The summed E-state index contributed by atoms with van der Waals surface area (Å²) in [5.41, 5.74) is 0. The standard InChI is InChI=1S/C13H26N2O3S/c1-14(2)9-11-8-12(16)10-15(11)19(17,18)13-6-4-3-5-7-13/h11-13,16H,3-10H2,1-2H3. The highest BCUT2D eigenvalue weighted by Gasteiger charge is 2.42. The van der Waals surface area contributed by atoms with Crippen LogP contribution in [-0.4, -0.2) is 67.3 Å². The summed E-state index contributed by atoms with van der Waals surface area (Å²) in [7, 11) is 0.638. The highest BCUT2D eigenvalue weighted by atomic mass is 32.2. The monoisotopic (exact) mass is 290 g/mol. The number of sulfonamides is 1. The number of nitrogens with zero attached hydrogens (tertiary/aromatic N) is 2. The van der Waals surface area contributed by atoms with Gasteiger partial charge in [-0.15, -0.1) is 0 Å². The zero-order valence-corrected chi connectivity index (χ0v) is 12.8. The van der Waals surface area contributed by atoms with E-state index < -0.39 is 16.1 Å². The lowest BCUT2D eigenvalue weighted by Crippen LogP contribution is -2.46. The average molecular weight is 290 g/mol. The fourth-order valence-corrected chi connectivity index (χ4v) is 5.58. The quantitative estimate of drug-likeness (QED) is 0.826. The summed E-state index contributed by atoms with van der Waals surface area (Å²) in [6.07, 6.45) is 4.79. The van der Waals surface area contributed by atoms with E-state index in [0.29, 0.717) is 13.0 Å². The Hall–Kier alpha value is -0.170. The van der Waals surface area contributed by atoms with Crippen molar-refractivity contribution in [2.75, 3.05) is 27.2 Å². The van der Waals surface area contributed by atoms with Gasteiger partial charge in [-0.1, -0.05) is 19.3 Å². The van der Waals surface area contributed by atoms with Crippen LogP contribution < -0.4 is 0 Å². The Labute approximate surface area is 116 Å². The molecule has 1 aliphatic carbocycles. The molecule has 0 aromatic carbocycles. The van der Waals surface area contributed by atoms with E-state index in [1.807, 2.05) is 19.0 Å². The summed E-state index contributed by atoms with van der Waals surface area (Å²) in [6.45, 7) is 0.959. The van der Waals surface area contributed by atoms with Crippen molar-refractivity contribution in [3.63, 3.8) is 0 Å². The molecular weight excluding hydrogens is 264 g/mol. The first kappa shape index (κ1) is 15.2. The Bertz CT molecular complexity index is 391. The van der Waals surface area contributed by atoms with Gasteiger partial charge in [-0.05, 0) is 33.4 Å². The zero-order chi connectivity index (χ0) is 14.0. The minimum Gasteiger partial charge on any atom is -0.392 e. The lowest BCUT2D eigenvalue weighted by atomic mass is 10.0. The number of rotatable bonds is 4. The van der Waals surface area contributed by atoms with Crippen LogP contribution in [0, 0.1) is 0 Å². The maximum atomic E-state index is 12.7. The second-order valence-corrected chi connectivity index (χ2v) is 8.35. The molecular formula is C13H26N2O3S. The number of hydrogen-bond acceptors (Lipinski definition) is 4. The predicted octanol–water partition coefficient (Wildman–Crippen LogP) is 0.646. The lowest BCUT2D eigenvalue weighted by molar-refractivity contribution is 0.188. The smallest absolute Gasteiger partial charge is 0.217 e. The fraction of sp³-hybridized carbons (Fsp3) is 1.00. The van der Waals surface area contributed by atoms with Crippen LogP contribution in [0.15, 0.2) is 0 Å². The average Bonchev–Trinajstić information content (AvgIpc) is 2.71. The summed E-state index contributed by atoms with van der Waals surface area (Å²) in [6, 6.07) is -0.0723. The Morgan fingerprint density at radius 1 is 1.21 bits per heavy atom. The van der Waals surface area contributed by atoms with E-state index in [2.05, 4.69) is 0 Å². The van der Waals surface area contributed by atoms with E-state index in [1.165, 1.54) is 0 Å². The van der Waals surface area contributed by atoms with Crippen LogP contribution in [0.4, 0.5) is 0 Å². The molecule has 0 aromatic heterocycles. The van der Waals surface area contributed by atoms with Crippen molar-refractivity contribution in [2.24, 2.45) is 0 Å². The first-order valence-electron chi connectivity index (χ1n) is 7.24. The van der Waals surface area contributed by atoms with Crippen LogP contribution >= 0.6 is 0 Å². The molecule has 5 nitrogen and oxygen atoms in total. The maximum Gasteiger partial charge on any atom is 0.217 e. The van der Waals surface area contributed by atoms with Gasteiger partial charge in [0.25, 0.3) is 0 Å². The molecule has 19 heavy (non-hydrogen) atoms. The van der Waals surface area contributed by atoms with Crippen molar-refractivity contribution in [1.29, 1.82) is 0 Å². The van der Waals surface area contributed by atoms with E-state index in [4.69, 9.17) is 0 Å². The molecule has 0 spiro atoms. The van der Waals surface area contributed by atoms with E-state index in [9.17, 15) is 13.5 Å². The Kier molecular flexibility index (Phi) is 4.87. The third kappa shape index (κ3) is 3.48. The second-order valence-electron chi connectivity index (χ2n) is 6.18. The van der Waals surface area contributed by atoms with Crippen LogP contribution in [0.1, 0.15) is 38.5 Å². The second kappa shape index (κ2) is 6.08. The van der Waals surface area contributed by atoms with Crippen LogP contribution in [0.5, 0.6) is 0 Å². The number of β-amino-alcohol motifs (C(OH)–C–C–N with tert-alkyl or cyclic N) is 1. The number of hydrogen-bond donors (Lipinski definition) is 1. The van der Waals surface area contributed by atoms with Gasteiger partial charge >= 0.3 is 0 Å². The number of aliphatic hydroxyl groups is 1. The lowest BCUT2D eigenvalue weighted by Gasteiger charge is -2.31. The van der Waals surface area contributed by atoms with Crippen LogP contribution in [0.3, 0.4) is 0 Å². The highest BCUT2D eigenvalue weighted by molar-refractivity contribution is 7.89. The Balaban J connectivity index is 2.12. The first-order chi connectivity index (χ1) is 8.91. The minimum absolute atomic E-state index is 0.0723. The molecule has 2 rings (SSSR count). The van der Waals surface area contributed by atoms with Gasteiger partial charge in [0, 0.05) is 19.1 Å². The zero-order valence-electron chi connectivity index (χ0n) is 12.0. The molecule has 6 heteroatoms. The van der Waals surface area contributed by atoms with Crippen molar-refractivity contribution in [3.8, 4) is 0 Å². The highest BCUT2D eigenvalue weighted by Crippen LogP contribution is 2.31. The van der Waals surface area contributed by atoms with Crippen molar-refractivity contribution < 1.29 is 13.5 Å². The van der Waals surface area contributed by atoms with Crippen molar-refractivity contribution >= 4 is 10.0 Å². The summed E-state index contributed by atoms with van der Waals surface area (Å²) >= 11 is 0. The molecule has 1 saturated heterocycles. The third-order valence-corrected chi connectivity index (χ3v) is 6.63. The van der Waals surface area contributed by atoms with Gasteiger partial charge in [-0.25, -0.2) is 8.42 Å². The van der Waals surface area contributed by atoms with Gasteiger partial charge in [0.15, 0.2) is 0 Å². The van der Waals surface area contributed by atoms with E-state index in [1.54, 1.807) is 4.31 Å². The normalized spacial score (nSPS) is 31.2. The van der Waals surface area contributed by atoms with Crippen molar-refractivity contribution in [2.45, 2.75) is 55.9 Å². The SMILES string of the molecule is CN(C)CC1CC(O)CN1S(=O)(=O)C1CCCCC1. The molecule has 0 amide bonds. The molecule has 1 saturated carbocycles. The largest absolute Gasteiger partial charge is 0.392 e. The first-order valence-corrected chi connectivity index (χ1v) is 8.75. The molecule has 2 unspecified atom stereocenters. The van der Waals surface area contributed by atoms with Gasteiger partial charge in [-0.2, -0.15) is 4.31 Å². The van der Waals surface area contributed by atoms with E-state index >= 15 is 0 Å². The molecule has 1 N–H and O–H groups in total. The number of likely N-dealkylation sites (N-methyl/N-ethyl adjacent to an activating group) is 1. The van der Waals surface area contributed by atoms with Crippen molar-refractivity contribution in [1.82, 2.24) is 9.21 Å². The number of aliphatic hydroxyl groups excluding tert-OH is 1. The summed E-state index contributed by atoms with van der Waals surface area (Å²) in [5.74, 6) is 0. The summed E-state index contributed by atoms with van der Waals surface area (Å²) < 4.78 is 27.0. The van der Waals surface area contributed by atoms with Crippen LogP contribution in [-0.2, 0) is 10.0 Å². The molecule has 0 radical (unpaired) electrons. The van der Waals surface area contributed by atoms with E-state index in [-0.39, 0.29) is 17.8 Å². The molecule has 2 aliphatic rings. The Morgan fingerprint density at radius 2 is 1.84 bits per heavy atom. The predicted molar refractivity (Wildman–Crippen MR) is 75.5 cm³/mol. The topological polar surface area (TPSA) is 60.9 Å². The molecule has 112 valence electrons. The molecule has 1 aliphatic heterocycles. The van der Waals surface area contributed by atoms with Crippen molar-refractivity contribution in [3.05, 3.63) is 0 Å². The minimum atomic E-state index is -3.24. The van der Waals surface area contributed by atoms with Crippen LogP contribution in [0.2, 0.25) is 0 Å². The summed E-state index contributed by atoms with van der Waals surface area (Å²) in [5, 5.41) is 9.59. The molecule has 2 fully saturated rings. The molecule has 0 bridgehead atoms. The fourth-order valence-electron chi connectivity index (χ4n) is 3.32. The molecule has 0 aromatic rings. The van der Waals surface area contributed by atoms with Gasteiger partial charge in [0.2, 0.25) is 10.0 Å². The van der Waals surface area contributed by atoms with Crippen LogP contribution in [0.25, 0.3) is 0 Å². The summed E-state index contributed by atoms with van der Waals surface area (Å²) in [4.78, 5) is 1.99. The van der Waals surface area contributed by atoms with E-state index in [0.717, 1.165) is 32.1 Å². The maximum absolute atomic E-state index is 12.7. The molecule has 2 atom stereocenters. The molecule has 1 heterocycles.